The number of carbonyl (C=O) groups is 2. The van der Waals surface area contributed by atoms with Gasteiger partial charge in [-0.15, -0.1) is 0 Å². The topological polar surface area (TPSA) is 80.3 Å². The van der Waals surface area contributed by atoms with Crippen LogP contribution >= 0.6 is 0 Å². The minimum absolute atomic E-state index is 0. The molecule has 2 saturated carbocycles. The molecule has 152 valence electrons. The Morgan fingerprint density at radius 1 is 0.560 bits per heavy atom. The number of hydrogen-bond acceptors (Lipinski definition) is 4. The van der Waals surface area contributed by atoms with E-state index in [9.17, 15) is 19.8 Å². The van der Waals surface area contributed by atoms with Crippen LogP contribution in [-0.4, -0.2) is 11.9 Å². The zero-order valence-corrected chi connectivity index (χ0v) is 18.5. The standard InChI is InChI=1S/2C6H12.2C4H8O2.Pt/c2*1-2-4-6-5-3-1;2*1-2-3-4(5)6;/h2*1-6H2;2*2-3H2,1H3,(H,5,6);/q;;;;+2/p-2. The number of carboxylic acids is 2. The van der Waals surface area contributed by atoms with Gasteiger partial charge in [-0.2, -0.15) is 0 Å². The minimum atomic E-state index is -0.961. The van der Waals surface area contributed by atoms with Crippen LogP contribution in [0.4, 0.5) is 0 Å². The molecule has 0 heterocycles. The predicted octanol–water partition coefficient (Wildman–Crippen LogP) is 3.75. The molecule has 0 radical (unpaired) electrons. The summed E-state index contributed by atoms with van der Waals surface area (Å²) in [6.45, 7) is 3.60. The molecule has 0 aromatic heterocycles. The van der Waals surface area contributed by atoms with Gasteiger partial charge in [0.25, 0.3) is 0 Å². The molecule has 0 aromatic carbocycles. The Kier molecular flexibility index (Phi) is 30.4. The summed E-state index contributed by atoms with van der Waals surface area (Å²) in [5.74, 6) is -1.92. The molecule has 0 saturated heterocycles. The number of hydrogen-bond donors (Lipinski definition) is 0. The van der Waals surface area contributed by atoms with Gasteiger partial charge in [0.15, 0.2) is 0 Å². The molecule has 0 bridgehead atoms. The number of rotatable bonds is 4. The third kappa shape index (κ3) is 35.6. The molecule has 0 amide bonds. The summed E-state index contributed by atoms with van der Waals surface area (Å²) in [6.07, 6.45) is 19.7. The monoisotopic (exact) mass is 537 g/mol. The van der Waals surface area contributed by atoms with E-state index in [0.29, 0.717) is 12.8 Å². The Bertz CT molecular complexity index is 224. The molecule has 0 unspecified atom stereocenters. The first-order valence-electron chi connectivity index (χ1n) is 9.94. The fourth-order valence-corrected chi connectivity index (χ4v) is 2.53. The van der Waals surface area contributed by atoms with Gasteiger partial charge in [-0.3, -0.25) is 0 Å². The molecule has 2 aliphatic rings. The predicted molar refractivity (Wildman–Crippen MR) is 95.2 cm³/mol. The fourth-order valence-electron chi connectivity index (χ4n) is 2.53. The number of aliphatic carboxylic acids is 2. The second-order valence-electron chi connectivity index (χ2n) is 6.49. The van der Waals surface area contributed by atoms with E-state index < -0.39 is 11.9 Å². The second kappa shape index (κ2) is 25.9. The average Bonchev–Trinajstić information content (AvgIpc) is 2.59. The van der Waals surface area contributed by atoms with E-state index >= 15 is 0 Å². The zero-order valence-electron chi connectivity index (χ0n) is 16.3. The maximum Gasteiger partial charge on any atom is 2.00 e. The van der Waals surface area contributed by atoms with Crippen molar-refractivity contribution in [1.29, 1.82) is 0 Å². The van der Waals surface area contributed by atoms with E-state index in [0.717, 1.165) is 0 Å². The van der Waals surface area contributed by atoms with Gasteiger partial charge in [-0.1, -0.05) is 104 Å². The van der Waals surface area contributed by atoms with E-state index in [-0.39, 0.29) is 33.9 Å². The van der Waals surface area contributed by atoms with Gasteiger partial charge in [0.2, 0.25) is 0 Å². The van der Waals surface area contributed by atoms with Crippen molar-refractivity contribution in [3.05, 3.63) is 0 Å². The van der Waals surface area contributed by atoms with E-state index in [1.54, 1.807) is 13.8 Å². The number of carbonyl (C=O) groups excluding carboxylic acids is 2. The molecule has 4 nitrogen and oxygen atoms in total. The van der Waals surface area contributed by atoms with Gasteiger partial charge < -0.3 is 19.8 Å². The van der Waals surface area contributed by atoms with E-state index in [1.807, 2.05) is 0 Å². The van der Waals surface area contributed by atoms with Crippen molar-refractivity contribution in [2.45, 2.75) is 117 Å². The summed E-state index contributed by atoms with van der Waals surface area (Å²) in [6, 6.07) is 0. The Morgan fingerprint density at radius 2 is 0.720 bits per heavy atom. The van der Waals surface area contributed by atoms with Crippen LogP contribution in [0.1, 0.15) is 117 Å². The van der Waals surface area contributed by atoms with Gasteiger partial charge in [-0.25, -0.2) is 0 Å². The van der Waals surface area contributed by atoms with Crippen LogP contribution in [0.5, 0.6) is 0 Å². The molecule has 0 aliphatic heterocycles. The first kappa shape index (κ1) is 29.4. The van der Waals surface area contributed by atoms with Gasteiger partial charge >= 0.3 is 21.1 Å². The van der Waals surface area contributed by atoms with Crippen LogP contribution in [0.25, 0.3) is 0 Å². The summed E-state index contributed by atoms with van der Waals surface area (Å²) in [5.41, 5.74) is 0. The van der Waals surface area contributed by atoms with Crippen LogP contribution in [0.15, 0.2) is 0 Å². The van der Waals surface area contributed by atoms with E-state index in [2.05, 4.69) is 0 Å². The quantitative estimate of drug-likeness (QED) is 0.547. The number of carboxylic acid groups (broad SMARTS) is 2. The first-order valence-corrected chi connectivity index (χ1v) is 9.94. The van der Waals surface area contributed by atoms with Gasteiger partial charge in [-0.05, 0) is 12.8 Å². The van der Waals surface area contributed by atoms with Crippen LogP contribution in [0.2, 0.25) is 0 Å². The summed E-state index contributed by atoms with van der Waals surface area (Å²) in [4.78, 5) is 19.0. The van der Waals surface area contributed by atoms with Crippen molar-refractivity contribution < 1.29 is 40.9 Å². The Morgan fingerprint density at radius 3 is 0.760 bits per heavy atom. The molecule has 0 atom stereocenters. The van der Waals surface area contributed by atoms with Gasteiger partial charge in [0.1, 0.15) is 0 Å². The maximum absolute atomic E-state index is 9.49. The first-order chi connectivity index (χ1) is 11.5. The average molecular weight is 538 g/mol. The Hall–Kier alpha value is -0.372. The van der Waals surface area contributed by atoms with Crippen molar-refractivity contribution >= 4 is 11.9 Å². The third-order valence-electron chi connectivity index (χ3n) is 3.91. The van der Waals surface area contributed by atoms with Crippen LogP contribution in [-0.2, 0) is 30.7 Å². The summed E-state index contributed by atoms with van der Waals surface area (Å²) in [7, 11) is 0. The van der Waals surface area contributed by atoms with Crippen molar-refractivity contribution in [2.75, 3.05) is 0 Å². The van der Waals surface area contributed by atoms with Crippen molar-refractivity contribution in [3.8, 4) is 0 Å². The van der Waals surface area contributed by atoms with Crippen molar-refractivity contribution in [1.82, 2.24) is 0 Å². The molecule has 2 aliphatic carbocycles. The minimum Gasteiger partial charge on any atom is -0.550 e. The molecule has 2 fully saturated rings. The summed E-state index contributed by atoms with van der Waals surface area (Å²) < 4.78 is 0. The molecule has 0 aromatic rings. The SMILES string of the molecule is C1CCCCC1.C1CCCCC1.CCCC(=O)[O-].CCCC(=O)[O-].[Pt+2]. The van der Waals surface area contributed by atoms with E-state index in [1.165, 1.54) is 77.0 Å². The second-order valence-corrected chi connectivity index (χ2v) is 6.49. The van der Waals surface area contributed by atoms with Gasteiger partial charge in [0.05, 0.1) is 0 Å². The van der Waals surface area contributed by atoms with Crippen LogP contribution < -0.4 is 10.2 Å². The molecular weight excluding hydrogens is 499 g/mol. The molecule has 5 heteroatoms. The molecule has 0 spiro atoms. The van der Waals surface area contributed by atoms with Crippen molar-refractivity contribution in [2.24, 2.45) is 0 Å². The van der Waals surface area contributed by atoms with Crippen LogP contribution in [0, 0.1) is 0 Å². The third-order valence-corrected chi connectivity index (χ3v) is 3.91. The Balaban J connectivity index is -0.000000255. The molecule has 2 rings (SSSR count). The molecule has 0 N–H and O–H groups in total. The smallest absolute Gasteiger partial charge is 0.550 e. The zero-order chi connectivity index (χ0) is 18.5. The van der Waals surface area contributed by atoms with Crippen LogP contribution in [0.3, 0.4) is 0 Å². The van der Waals surface area contributed by atoms with E-state index in [4.69, 9.17) is 0 Å². The molecular formula is C20H38O4Pt. The Labute approximate surface area is 169 Å². The fraction of sp³-hybridized carbons (Fsp3) is 0.900. The van der Waals surface area contributed by atoms with Crippen molar-refractivity contribution in [3.63, 3.8) is 0 Å². The van der Waals surface area contributed by atoms with Gasteiger partial charge in [0, 0.05) is 11.9 Å². The maximum atomic E-state index is 9.49. The molecule has 25 heavy (non-hydrogen) atoms. The largest absolute Gasteiger partial charge is 2.00 e. The summed E-state index contributed by atoms with van der Waals surface area (Å²) in [5, 5.41) is 19.0. The normalized spacial score (nSPS) is 15.4. The summed E-state index contributed by atoms with van der Waals surface area (Å²) >= 11 is 0.